The standard InChI is InChI=1S/C25H31N/c1-16(2)9-20-14-21-7-8-26-25(23-12-18(5)11-19(6)13-23)24(21)22(15-20)10-17(3)4/h7-8,11-17H,9-10H2,1-6H3. The summed E-state index contributed by atoms with van der Waals surface area (Å²) in [5.41, 5.74) is 7.83. The van der Waals surface area contributed by atoms with E-state index >= 15 is 0 Å². The molecule has 1 aromatic heterocycles. The van der Waals surface area contributed by atoms with Crippen LogP contribution in [0.5, 0.6) is 0 Å². The third kappa shape index (κ3) is 4.15. The summed E-state index contributed by atoms with van der Waals surface area (Å²) >= 11 is 0. The molecule has 0 aliphatic carbocycles. The van der Waals surface area contributed by atoms with Gasteiger partial charge in [0.25, 0.3) is 0 Å². The molecule has 1 heteroatoms. The molecular weight excluding hydrogens is 314 g/mol. The second-order valence-corrected chi connectivity index (χ2v) is 8.58. The average molecular weight is 346 g/mol. The molecule has 0 aliphatic heterocycles. The number of aryl methyl sites for hydroxylation is 2. The van der Waals surface area contributed by atoms with E-state index in [-0.39, 0.29) is 0 Å². The van der Waals surface area contributed by atoms with Crippen LogP contribution in [0.1, 0.15) is 49.9 Å². The maximum atomic E-state index is 4.82. The number of hydrogen-bond donors (Lipinski definition) is 0. The van der Waals surface area contributed by atoms with Crippen LogP contribution in [0.25, 0.3) is 22.0 Å². The third-order valence-corrected chi connectivity index (χ3v) is 4.77. The quantitative estimate of drug-likeness (QED) is 0.489. The molecule has 1 nitrogen and oxygen atoms in total. The minimum Gasteiger partial charge on any atom is -0.256 e. The van der Waals surface area contributed by atoms with Crippen LogP contribution in [0.2, 0.25) is 0 Å². The summed E-state index contributed by atoms with van der Waals surface area (Å²) < 4.78 is 0. The van der Waals surface area contributed by atoms with E-state index < -0.39 is 0 Å². The lowest BCUT2D eigenvalue weighted by molar-refractivity contribution is 0.638. The van der Waals surface area contributed by atoms with E-state index in [1.807, 2.05) is 6.20 Å². The first-order valence-electron chi connectivity index (χ1n) is 9.82. The molecular formula is C25H31N. The van der Waals surface area contributed by atoms with E-state index in [0.29, 0.717) is 11.8 Å². The lowest BCUT2D eigenvalue weighted by Crippen LogP contribution is -2.01. The van der Waals surface area contributed by atoms with Crippen LogP contribution >= 0.6 is 0 Å². The molecule has 0 saturated carbocycles. The summed E-state index contributed by atoms with van der Waals surface area (Å²) in [5, 5.41) is 2.65. The molecule has 0 spiro atoms. The first-order valence-corrected chi connectivity index (χ1v) is 9.82. The van der Waals surface area contributed by atoms with Crippen molar-refractivity contribution in [3.8, 4) is 11.3 Å². The molecule has 3 aromatic rings. The van der Waals surface area contributed by atoms with E-state index in [2.05, 4.69) is 77.9 Å². The SMILES string of the molecule is Cc1cc(C)cc(-c2nccc3cc(CC(C)C)cc(CC(C)C)c23)c1. The van der Waals surface area contributed by atoms with Gasteiger partial charge in [0, 0.05) is 17.1 Å². The van der Waals surface area contributed by atoms with E-state index in [0.717, 1.165) is 18.5 Å². The topological polar surface area (TPSA) is 12.9 Å². The number of pyridine rings is 1. The summed E-state index contributed by atoms with van der Waals surface area (Å²) in [7, 11) is 0. The summed E-state index contributed by atoms with van der Waals surface area (Å²) in [5.74, 6) is 1.29. The van der Waals surface area contributed by atoms with Gasteiger partial charge in [0.2, 0.25) is 0 Å². The molecule has 0 saturated heterocycles. The molecule has 1 heterocycles. The van der Waals surface area contributed by atoms with Crippen molar-refractivity contribution in [2.75, 3.05) is 0 Å². The number of aromatic nitrogens is 1. The number of fused-ring (bicyclic) bond motifs is 1. The Morgan fingerprint density at radius 2 is 1.46 bits per heavy atom. The van der Waals surface area contributed by atoms with Crippen molar-refractivity contribution in [1.29, 1.82) is 0 Å². The molecule has 0 fully saturated rings. The zero-order chi connectivity index (χ0) is 18.8. The van der Waals surface area contributed by atoms with Crippen LogP contribution in [0.3, 0.4) is 0 Å². The fraction of sp³-hybridized carbons (Fsp3) is 0.400. The van der Waals surface area contributed by atoms with E-state index in [9.17, 15) is 0 Å². The molecule has 0 N–H and O–H groups in total. The second-order valence-electron chi connectivity index (χ2n) is 8.58. The molecule has 2 aromatic carbocycles. The van der Waals surface area contributed by atoms with E-state index in [4.69, 9.17) is 4.98 Å². The van der Waals surface area contributed by atoms with Crippen molar-refractivity contribution < 1.29 is 0 Å². The number of benzene rings is 2. The summed E-state index contributed by atoms with van der Waals surface area (Å²) in [4.78, 5) is 4.82. The smallest absolute Gasteiger partial charge is 0.0783 e. The molecule has 136 valence electrons. The Labute approximate surface area is 158 Å². The lowest BCUT2D eigenvalue weighted by Gasteiger charge is -2.16. The largest absolute Gasteiger partial charge is 0.256 e. The van der Waals surface area contributed by atoms with Gasteiger partial charge in [0.05, 0.1) is 5.69 Å². The maximum Gasteiger partial charge on any atom is 0.0783 e. The van der Waals surface area contributed by atoms with Gasteiger partial charge in [-0.15, -0.1) is 0 Å². The number of rotatable bonds is 5. The van der Waals surface area contributed by atoms with Crippen LogP contribution < -0.4 is 0 Å². The van der Waals surface area contributed by atoms with Gasteiger partial charge >= 0.3 is 0 Å². The Kier molecular flexibility index (Phi) is 5.46. The predicted molar refractivity (Wildman–Crippen MR) is 114 cm³/mol. The molecule has 0 aliphatic rings. The number of nitrogens with zero attached hydrogens (tertiary/aromatic N) is 1. The van der Waals surface area contributed by atoms with E-state index in [1.165, 1.54) is 38.6 Å². The van der Waals surface area contributed by atoms with Gasteiger partial charge in [-0.1, -0.05) is 57.0 Å². The fourth-order valence-corrected chi connectivity index (χ4v) is 3.99. The molecule has 0 radical (unpaired) electrons. The Bertz CT molecular complexity index is 899. The zero-order valence-corrected chi connectivity index (χ0v) is 17.1. The lowest BCUT2D eigenvalue weighted by atomic mass is 9.89. The average Bonchev–Trinajstić information content (AvgIpc) is 2.52. The Hall–Kier alpha value is -2.15. The van der Waals surface area contributed by atoms with Gasteiger partial charge in [-0.3, -0.25) is 4.98 Å². The van der Waals surface area contributed by atoms with Crippen LogP contribution in [0, 0.1) is 25.7 Å². The minimum absolute atomic E-state index is 0.625. The van der Waals surface area contributed by atoms with Gasteiger partial charge in [0.15, 0.2) is 0 Å². The van der Waals surface area contributed by atoms with Gasteiger partial charge in [-0.05, 0) is 73.2 Å². The Balaban J connectivity index is 2.27. The maximum absolute atomic E-state index is 4.82. The van der Waals surface area contributed by atoms with Crippen molar-refractivity contribution in [2.24, 2.45) is 11.8 Å². The normalized spacial score (nSPS) is 11.7. The first-order chi connectivity index (χ1) is 12.3. The Morgan fingerprint density at radius 1 is 0.808 bits per heavy atom. The van der Waals surface area contributed by atoms with Crippen LogP contribution in [0.15, 0.2) is 42.6 Å². The first kappa shape index (κ1) is 18.6. The molecule has 26 heavy (non-hydrogen) atoms. The minimum atomic E-state index is 0.625. The van der Waals surface area contributed by atoms with Crippen LogP contribution in [0.4, 0.5) is 0 Å². The number of hydrogen-bond acceptors (Lipinski definition) is 1. The van der Waals surface area contributed by atoms with Gasteiger partial charge in [0.1, 0.15) is 0 Å². The van der Waals surface area contributed by atoms with Crippen molar-refractivity contribution in [3.63, 3.8) is 0 Å². The van der Waals surface area contributed by atoms with Crippen LogP contribution in [-0.4, -0.2) is 4.98 Å². The fourth-order valence-electron chi connectivity index (χ4n) is 3.99. The summed E-state index contributed by atoms with van der Waals surface area (Å²) in [6, 6.07) is 13.7. The van der Waals surface area contributed by atoms with Crippen molar-refractivity contribution >= 4 is 10.8 Å². The predicted octanol–water partition coefficient (Wildman–Crippen LogP) is 6.92. The van der Waals surface area contributed by atoms with Crippen molar-refractivity contribution in [3.05, 3.63) is 64.8 Å². The summed E-state index contributed by atoms with van der Waals surface area (Å²) in [6.07, 6.45) is 4.18. The monoisotopic (exact) mass is 345 g/mol. The second kappa shape index (κ2) is 7.61. The van der Waals surface area contributed by atoms with Crippen molar-refractivity contribution in [1.82, 2.24) is 4.98 Å². The highest BCUT2D eigenvalue weighted by molar-refractivity contribution is 5.97. The van der Waals surface area contributed by atoms with Crippen LogP contribution in [-0.2, 0) is 12.8 Å². The highest BCUT2D eigenvalue weighted by atomic mass is 14.7. The molecule has 0 amide bonds. The third-order valence-electron chi connectivity index (χ3n) is 4.77. The highest BCUT2D eigenvalue weighted by Crippen LogP contribution is 2.33. The van der Waals surface area contributed by atoms with E-state index in [1.54, 1.807) is 0 Å². The molecule has 0 unspecified atom stereocenters. The molecule has 0 bridgehead atoms. The zero-order valence-electron chi connectivity index (χ0n) is 17.1. The van der Waals surface area contributed by atoms with Gasteiger partial charge in [-0.25, -0.2) is 0 Å². The van der Waals surface area contributed by atoms with Gasteiger partial charge < -0.3 is 0 Å². The summed E-state index contributed by atoms with van der Waals surface area (Å²) in [6.45, 7) is 13.5. The van der Waals surface area contributed by atoms with Gasteiger partial charge in [-0.2, -0.15) is 0 Å². The molecule has 0 atom stereocenters. The molecule has 3 rings (SSSR count). The van der Waals surface area contributed by atoms with Crippen molar-refractivity contribution in [2.45, 2.75) is 54.4 Å². The Morgan fingerprint density at radius 3 is 2.08 bits per heavy atom. The highest BCUT2D eigenvalue weighted by Gasteiger charge is 2.14.